The lowest BCUT2D eigenvalue weighted by Gasteiger charge is -2.26. The molecule has 2 N–H and O–H groups in total. The molecule has 0 bridgehead atoms. The number of ether oxygens (including phenoxy) is 1. The Labute approximate surface area is 101 Å². The molecule has 1 aromatic rings. The standard InChI is InChI=1S/C12H20N2OS/c1-3-15-12(6-4-5-7-12)11-14-9(2)10(8-13)16-11/h3-8,13H2,1-2H3. The molecule has 90 valence electrons. The van der Waals surface area contributed by atoms with Crippen molar-refractivity contribution in [2.24, 2.45) is 5.73 Å². The highest BCUT2D eigenvalue weighted by atomic mass is 32.1. The first-order chi connectivity index (χ1) is 7.72. The van der Waals surface area contributed by atoms with Crippen LogP contribution in [0.25, 0.3) is 0 Å². The number of nitrogens with zero attached hydrogens (tertiary/aromatic N) is 1. The van der Waals surface area contributed by atoms with Gasteiger partial charge in [-0.05, 0) is 26.7 Å². The molecule has 0 unspecified atom stereocenters. The van der Waals surface area contributed by atoms with Crippen LogP contribution in [0, 0.1) is 6.92 Å². The first-order valence-corrected chi connectivity index (χ1v) is 6.84. The molecule has 0 aliphatic heterocycles. The van der Waals surface area contributed by atoms with E-state index in [1.54, 1.807) is 11.3 Å². The van der Waals surface area contributed by atoms with Gasteiger partial charge in [0.15, 0.2) is 0 Å². The summed E-state index contributed by atoms with van der Waals surface area (Å²) in [4.78, 5) is 5.86. The summed E-state index contributed by atoms with van der Waals surface area (Å²) >= 11 is 1.73. The van der Waals surface area contributed by atoms with E-state index in [2.05, 4.69) is 11.9 Å². The van der Waals surface area contributed by atoms with Crippen LogP contribution >= 0.6 is 11.3 Å². The molecule has 0 saturated heterocycles. The molecule has 16 heavy (non-hydrogen) atoms. The summed E-state index contributed by atoms with van der Waals surface area (Å²) in [6.45, 7) is 5.45. The van der Waals surface area contributed by atoms with Gasteiger partial charge in [0.25, 0.3) is 0 Å². The van der Waals surface area contributed by atoms with Crippen LogP contribution in [0.5, 0.6) is 0 Å². The van der Waals surface area contributed by atoms with Crippen molar-refractivity contribution in [3.8, 4) is 0 Å². The van der Waals surface area contributed by atoms with Gasteiger partial charge < -0.3 is 10.5 Å². The molecule has 0 radical (unpaired) electrons. The molecule has 4 heteroatoms. The second-order valence-electron chi connectivity index (χ2n) is 4.37. The summed E-state index contributed by atoms with van der Waals surface area (Å²) in [5, 5.41) is 1.14. The third-order valence-electron chi connectivity index (χ3n) is 3.30. The Morgan fingerprint density at radius 1 is 1.44 bits per heavy atom. The molecule has 1 saturated carbocycles. The first kappa shape index (κ1) is 12.0. The Hall–Kier alpha value is -0.450. The normalized spacial score (nSPS) is 19.2. The smallest absolute Gasteiger partial charge is 0.125 e. The minimum atomic E-state index is -0.0996. The average molecular weight is 240 g/mol. The Bertz CT molecular complexity index is 356. The van der Waals surface area contributed by atoms with E-state index in [9.17, 15) is 0 Å². The maximum absolute atomic E-state index is 6.00. The molecule has 0 spiro atoms. The van der Waals surface area contributed by atoms with E-state index in [0.717, 1.165) is 30.2 Å². The van der Waals surface area contributed by atoms with Gasteiger partial charge in [-0.15, -0.1) is 11.3 Å². The van der Waals surface area contributed by atoms with E-state index in [4.69, 9.17) is 10.5 Å². The Morgan fingerprint density at radius 3 is 2.62 bits per heavy atom. The predicted molar refractivity (Wildman–Crippen MR) is 66.5 cm³/mol. The number of hydrogen-bond donors (Lipinski definition) is 1. The molecule has 2 rings (SSSR count). The molecular formula is C12H20N2OS. The molecule has 1 fully saturated rings. The van der Waals surface area contributed by atoms with Gasteiger partial charge in [0.1, 0.15) is 10.6 Å². The van der Waals surface area contributed by atoms with Gasteiger partial charge in [-0.2, -0.15) is 0 Å². The summed E-state index contributed by atoms with van der Waals surface area (Å²) in [6, 6.07) is 0. The van der Waals surface area contributed by atoms with Crippen molar-refractivity contribution in [2.75, 3.05) is 6.61 Å². The zero-order valence-electron chi connectivity index (χ0n) is 10.1. The summed E-state index contributed by atoms with van der Waals surface area (Å²) in [5.41, 5.74) is 6.69. The van der Waals surface area contributed by atoms with Gasteiger partial charge >= 0.3 is 0 Å². The highest BCUT2D eigenvalue weighted by molar-refractivity contribution is 7.11. The number of aryl methyl sites for hydroxylation is 1. The molecule has 1 aliphatic rings. The quantitative estimate of drug-likeness (QED) is 0.880. The van der Waals surface area contributed by atoms with Crippen LogP contribution in [0.2, 0.25) is 0 Å². The van der Waals surface area contributed by atoms with E-state index in [0.29, 0.717) is 6.54 Å². The molecule has 0 aromatic carbocycles. The number of hydrogen-bond acceptors (Lipinski definition) is 4. The summed E-state index contributed by atoms with van der Waals surface area (Å²) in [7, 11) is 0. The van der Waals surface area contributed by atoms with Crippen LogP contribution in [0.3, 0.4) is 0 Å². The van der Waals surface area contributed by atoms with Crippen LogP contribution in [0.4, 0.5) is 0 Å². The van der Waals surface area contributed by atoms with Gasteiger partial charge in [-0.3, -0.25) is 0 Å². The van der Waals surface area contributed by atoms with Crippen LogP contribution in [-0.2, 0) is 16.9 Å². The topological polar surface area (TPSA) is 48.1 Å². The minimum absolute atomic E-state index is 0.0996. The highest BCUT2D eigenvalue weighted by Crippen LogP contribution is 2.44. The van der Waals surface area contributed by atoms with E-state index in [-0.39, 0.29) is 5.60 Å². The monoisotopic (exact) mass is 240 g/mol. The maximum Gasteiger partial charge on any atom is 0.125 e. The largest absolute Gasteiger partial charge is 0.368 e. The fourth-order valence-corrected chi connectivity index (χ4v) is 3.60. The lowest BCUT2D eigenvalue weighted by Crippen LogP contribution is -2.25. The molecule has 0 atom stereocenters. The fourth-order valence-electron chi connectivity index (χ4n) is 2.45. The van der Waals surface area contributed by atoms with Gasteiger partial charge in [-0.1, -0.05) is 12.8 Å². The van der Waals surface area contributed by atoms with E-state index < -0.39 is 0 Å². The van der Waals surface area contributed by atoms with Crippen molar-refractivity contribution in [3.05, 3.63) is 15.6 Å². The Morgan fingerprint density at radius 2 is 2.12 bits per heavy atom. The second kappa shape index (κ2) is 4.82. The lowest BCUT2D eigenvalue weighted by molar-refractivity contribution is -0.0391. The SMILES string of the molecule is CCOC1(c2nc(C)c(CN)s2)CCCC1. The van der Waals surface area contributed by atoms with Gasteiger partial charge in [0.05, 0.1) is 5.69 Å². The van der Waals surface area contributed by atoms with Crippen molar-refractivity contribution in [3.63, 3.8) is 0 Å². The fraction of sp³-hybridized carbons (Fsp3) is 0.750. The van der Waals surface area contributed by atoms with Gasteiger partial charge in [-0.25, -0.2) is 4.98 Å². The number of rotatable bonds is 4. The number of nitrogens with two attached hydrogens (primary N) is 1. The molecule has 1 heterocycles. The zero-order chi connectivity index (χ0) is 11.6. The molecule has 0 amide bonds. The maximum atomic E-state index is 6.00. The van der Waals surface area contributed by atoms with Crippen LogP contribution < -0.4 is 5.73 Å². The van der Waals surface area contributed by atoms with Crippen molar-refractivity contribution in [1.29, 1.82) is 0 Å². The Kier molecular flexibility index (Phi) is 3.62. The number of aromatic nitrogens is 1. The van der Waals surface area contributed by atoms with Crippen molar-refractivity contribution in [2.45, 2.75) is 51.7 Å². The second-order valence-corrected chi connectivity index (χ2v) is 5.45. The van der Waals surface area contributed by atoms with Gasteiger partial charge in [0, 0.05) is 18.0 Å². The average Bonchev–Trinajstić information content (AvgIpc) is 2.86. The first-order valence-electron chi connectivity index (χ1n) is 6.02. The van der Waals surface area contributed by atoms with E-state index in [1.807, 2.05) is 6.92 Å². The summed E-state index contributed by atoms with van der Waals surface area (Å²) in [6.07, 6.45) is 4.71. The number of thiazole rings is 1. The van der Waals surface area contributed by atoms with Crippen molar-refractivity contribution >= 4 is 11.3 Å². The summed E-state index contributed by atoms with van der Waals surface area (Å²) in [5.74, 6) is 0. The third-order valence-corrected chi connectivity index (χ3v) is 4.66. The molecule has 1 aliphatic carbocycles. The van der Waals surface area contributed by atoms with Crippen LogP contribution in [0.1, 0.15) is 48.2 Å². The summed E-state index contributed by atoms with van der Waals surface area (Å²) < 4.78 is 6.00. The van der Waals surface area contributed by atoms with Gasteiger partial charge in [0.2, 0.25) is 0 Å². The Balaban J connectivity index is 2.31. The highest BCUT2D eigenvalue weighted by Gasteiger charge is 2.39. The van der Waals surface area contributed by atoms with Crippen LogP contribution in [0.15, 0.2) is 0 Å². The molecular weight excluding hydrogens is 220 g/mol. The lowest BCUT2D eigenvalue weighted by atomic mass is 10.0. The van der Waals surface area contributed by atoms with E-state index in [1.165, 1.54) is 17.7 Å². The minimum Gasteiger partial charge on any atom is -0.368 e. The predicted octanol–water partition coefficient (Wildman–Crippen LogP) is 2.72. The van der Waals surface area contributed by atoms with E-state index >= 15 is 0 Å². The molecule has 1 aromatic heterocycles. The zero-order valence-corrected chi connectivity index (χ0v) is 10.9. The van der Waals surface area contributed by atoms with Crippen molar-refractivity contribution in [1.82, 2.24) is 4.98 Å². The molecule has 3 nitrogen and oxygen atoms in total. The van der Waals surface area contributed by atoms with Crippen molar-refractivity contribution < 1.29 is 4.74 Å². The van der Waals surface area contributed by atoms with Crippen LogP contribution in [-0.4, -0.2) is 11.6 Å². The third kappa shape index (κ3) is 2.01.